The second-order valence-corrected chi connectivity index (χ2v) is 8.12. The zero-order valence-corrected chi connectivity index (χ0v) is 17.7. The molecule has 0 saturated heterocycles. The van der Waals surface area contributed by atoms with E-state index in [-0.39, 0.29) is 23.4 Å². The largest absolute Gasteiger partial charge is 0.399 e. The Hall–Kier alpha value is -2.23. The third-order valence-electron chi connectivity index (χ3n) is 6.17. The fourth-order valence-electron chi connectivity index (χ4n) is 4.87. The molecule has 1 saturated carbocycles. The Labute approximate surface area is 168 Å². The number of aryl methyl sites for hydroxylation is 3. The van der Waals surface area contributed by atoms with Crippen LogP contribution in [0.4, 0.5) is 0 Å². The average Bonchev–Trinajstić information content (AvgIpc) is 3.19. The molecule has 0 spiro atoms. The highest BCUT2D eigenvalue weighted by molar-refractivity contribution is 6.24. The number of fused-ring (bicyclic) bond motifs is 1. The van der Waals surface area contributed by atoms with Gasteiger partial charge < -0.3 is 4.84 Å². The van der Waals surface area contributed by atoms with Crippen LogP contribution in [0.2, 0.25) is 0 Å². The van der Waals surface area contributed by atoms with Crippen molar-refractivity contribution >= 4 is 17.3 Å². The van der Waals surface area contributed by atoms with E-state index >= 15 is 0 Å². The fraction of sp³-hybridized carbons (Fsp3) is 0.542. The van der Waals surface area contributed by atoms with E-state index in [2.05, 4.69) is 44.1 Å². The van der Waals surface area contributed by atoms with Crippen LogP contribution in [0.15, 0.2) is 28.9 Å². The lowest BCUT2D eigenvalue weighted by atomic mass is 9.83. The number of carbonyl (C=O) groups excluding carboxylic acids is 2. The van der Waals surface area contributed by atoms with Crippen molar-refractivity contribution in [3.63, 3.8) is 0 Å². The first-order valence-electron chi connectivity index (χ1n) is 10.4. The number of hydrogen-bond acceptors (Lipinski definition) is 4. The standard InChI is InChI=1S/C24H31NO3/c1-6-17-10-14(3)11-18(7-2)21(17)22-23(26)19-12-16(13-20(19)24(22)27)9-8-15(4)25-28-5/h10-12,16,20,22H,6-9,13H2,1-5H3. The highest BCUT2D eigenvalue weighted by Crippen LogP contribution is 2.46. The van der Waals surface area contributed by atoms with Crippen molar-refractivity contribution in [1.29, 1.82) is 0 Å². The second kappa shape index (κ2) is 8.42. The summed E-state index contributed by atoms with van der Waals surface area (Å²) in [5.74, 6) is -0.412. The molecule has 3 atom stereocenters. The first-order chi connectivity index (χ1) is 13.4. The average molecular weight is 382 g/mol. The summed E-state index contributed by atoms with van der Waals surface area (Å²) >= 11 is 0. The fourth-order valence-corrected chi connectivity index (χ4v) is 4.87. The smallest absolute Gasteiger partial charge is 0.174 e. The van der Waals surface area contributed by atoms with Gasteiger partial charge in [-0.05, 0) is 68.6 Å². The molecular weight excluding hydrogens is 350 g/mol. The molecule has 1 fully saturated rings. The van der Waals surface area contributed by atoms with Gasteiger partial charge in [0.1, 0.15) is 13.0 Å². The number of allylic oxidation sites excluding steroid dienone is 2. The molecule has 28 heavy (non-hydrogen) atoms. The van der Waals surface area contributed by atoms with Crippen LogP contribution in [0.1, 0.15) is 68.2 Å². The number of hydrogen-bond donors (Lipinski definition) is 0. The van der Waals surface area contributed by atoms with Gasteiger partial charge in [0, 0.05) is 11.5 Å². The predicted octanol–water partition coefficient (Wildman–Crippen LogP) is 4.72. The summed E-state index contributed by atoms with van der Waals surface area (Å²) in [6.07, 6.45) is 6.21. The first-order valence-corrected chi connectivity index (χ1v) is 10.4. The van der Waals surface area contributed by atoms with Crippen LogP contribution >= 0.6 is 0 Å². The van der Waals surface area contributed by atoms with E-state index in [1.807, 2.05) is 6.92 Å². The highest BCUT2D eigenvalue weighted by atomic mass is 16.6. The Kier molecular flexibility index (Phi) is 6.17. The summed E-state index contributed by atoms with van der Waals surface area (Å²) in [5.41, 5.74) is 6.17. The van der Waals surface area contributed by atoms with E-state index < -0.39 is 5.92 Å². The minimum absolute atomic E-state index is 0.0352. The van der Waals surface area contributed by atoms with Crippen LogP contribution in [-0.2, 0) is 27.3 Å². The molecule has 0 aromatic heterocycles. The van der Waals surface area contributed by atoms with Gasteiger partial charge in [0.25, 0.3) is 0 Å². The monoisotopic (exact) mass is 381 g/mol. The molecule has 0 amide bonds. The summed E-state index contributed by atoms with van der Waals surface area (Å²) in [7, 11) is 1.54. The maximum absolute atomic E-state index is 13.3. The number of rotatable bonds is 7. The summed E-state index contributed by atoms with van der Waals surface area (Å²) < 4.78 is 0. The molecule has 150 valence electrons. The first kappa shape index (κ1) is 20.5. The van der Waals surface area contributed by atoms with Crippen LogP contribution in [0.5, 0.6) is 0 Å². The minimum atomic E-state index is -0.598. The van der Waals surface area contributed by atoms with Crippen LogP contribution in [-0.4, -0.2) is 24.4 Å². The molecule has 1 aromatic carbocycles. The van der Waals surface area contributed by atoms with Gasteiger partial charge in [-0.15, -0.1) is 0 Å². The molecule has 0 aliphatic heterocycles. The van der Waals surface area contributed by atoms with Crippen molar-refractivity contribution in [1.82, 2.24) is 0 Å². The van der Waals surface area contributed by atoms with Crippen molar-refractivity contribution in [3.05, 3.63) is 46.0 Å². The van der Waals surface area contributed by atoms with Crippen molar-refractivity contribution < 1.29 is 14.4 Å². The summed E-state index contributed by atoms with van der Waals surface area (Å²) in [6, 6.07) is 4.27. The maximum Gasteiger partial charge on any atom is 0.174 e. The topological polar surface area (TPSA) is 55.7 Å². The van der Waals surface area contributed by atoms with Gasteiger partial charge in [-0.25, -0.2) is 0 Å². The molecule has 3 unspecified atom stereocenters. The highest BCUT2D eigenvalue weighted by Gasteiger charge is 2.50. The van der Waals surface area contributed by atoms with Crippen LogP contribution < -0.4 is 0 Å². The van der Waals surface area contributed by atoms with Crippen LogP contribution in [0, 0.1) is 18.8 Å². The number of carbonyl (C=O) groups is 2. The molecule has 2 aliphatic rings. The molecule has 2 aliphatic carbocycles. The lowest BCUT2D eigenvalue weighted by molar-refractivity contribution is -0.125. The third kappa shape index (κ3) is 3.69. The summed E-state index contributed by atoms with van der Waals surface area (Å²) in [4.78, 5) is 31.4. The van der Waals surface area contributed by atoms with Gasteiger partial charge in [0.15, 0.2) is 11.6 Å². The third-order valence-corrected chi connectivity index (χ3v) is 6.17. The maximum atomic E-state index is 13.3. The van der Waals surface area contributed by atoms with E-state index in [1.165, 1.54) is 5.56 Å². The van der Waals surface area contributed by atoms with E-state index in [9.17, 15) is 9.59 Å². The minimum Gasteiger partial charge on any atom is -0.399 e. The molecule has 3 rings (SSSR count). The molecule has 4 nitrogen and oxygen atoms in total. The van der Waals surface area contributed by atoms with Crippen molar-refractivity contribution in [3.8, 4) is 0 Å². The number of Topliss-reactive ketones (excluding diaryl/α,β-unsaturated/α-hetero) is 2. The van der Waals surface area contributed by atoms with Crippen molar-refractivity contribution in [2.45, 2.75) is 65.7 Å². The van der Waals surface area contributed by atoms with E-state index in [0.29, 0.717) is 0 Å². The Morgan fingerprint density at radius 3 is 2.36 bits per heavy atom. The molecule has 0 heterocycles. The zero-order chi connectivity index (χ0) is 20.4. The summed E-state index contributed by atoms with van der Waals surface area (Å²) in [5, 5.41) is 3.95. The molecular formula is C24H31NO3. The van der Waals surface area contributed by atoms with Crippen molar-refractivity contribution in [2.24, 2.45) is 17.0 Å². The van der Waals surface area contributed by atoms with Crippen molar-refractivity contribution in [2.75, 3.05) is 7.11 Å². The molecule has 0 radical (unpaired) electrons. The Bertz CT molecular complexity index is 824. The molecule has 0 bridgehead atoms. The van der Waals surface area contributed by atoms with E-state index in [1.54, 1.807) is 7.11 Å². The van der Waals surface area contributed by atoms with E-state index in [0.717, 1.165) is 60.1 Å². The molecule has 0 N–H and O–H groups in total. The van der Waals surface area contributed by atoms with Gasteiger partial charge in [0.2, 0.25) is 0 Å². The van der Waals surface area contributed by atoms with Crippen LogP contribution in [0.3, 0.4) is 0 Å². The van der Waals surface area contributed by atoms with Gasteiger partial charge in [-0.1, -0.05) is 42.8 Å². The zero-order valence-electron chi connectivity index (χ0n) is 17.7. The van der Waals surface area contributed by atoms with Gasteiger partial charge in [0.05, 0.1) is 5.71 Å². The molecule has 1 aromatic rings. The SMILES string of the molecule is CCc1cc(C)cc(CC)c1C1C(=O)C2=CC(CCC(C)=NOC)CC2C1=O. The van der Waals surface area contributed by atoms with Crippen LogP contribution in [0.25, 0.3) is 0 Å². The Balaban J connectivity index is 1.88. The normalized spacial score (nSPS) is 24.5. The second-order valence-electron chi connectivity index (χ2n) is 8.12. The van der Waals surface area contributed by atoms with Gasteiger partial charge >= 0.3 is 0 Å². The number of oxime groups is 1. The lowest BCUT2D eigenvalue weighted by Gasteiger charge is -2.19. The predicted molar refractivity (Wildman–Crippen MR) is 112 cm³/mol. The quantitative estimate of drug-likeness (QED) is 0.390. The van der Waals surface area contributed by atoms with E-state index in [4.69, 9.17) is 4.84 Å². The van der Waals surface area contributed by atoms with Gasteiger partial charge in [-0.2, -0.15) is 0 Å². The number of ketones is 2. The number of nitrogens with zero attached hydrogens (tertiary/aromatic N) is 1. The summed E-state index contributed by atoms with van der Waals surface area (Å²) in [6.45, 7) is 8.22. The van der Waals surface area contributed by atoms with Gasteiger partial charge in [-0.3, -0.25) is 9.59 Å². The lowest BCUT2D eigenvalue weighted by Crippen LogP contribution is -2.20. The Morgan fingerprint density at radius 2 is 1.82 bits per heavy atom. The number of benzene rings is 1. The Morgan fingerprint density at radius 1 is 1.18 bits per heavy atom. The molecule has 4 heteroatoms.